The third-order valence-electron chi connectivity index (χ3n) is 5.63. The second-order valence-corrected chi connectivity index (χ2v) is 8.43. The molecule has 0 heterocycles. The van der Waals surface area contributed by atoms with Crippen LogP contribution >= 0.6 is 0 Å². The summed E-state index contributed by atoms with van der Waals surface area (Å²) in [5.74, 6) is -6.13. The number of halogens is 6. The third-order valence-corrected chi connectivity index (χ3v) is 5.63. The van der Waals surface area contributed by atoms with Gasteiger partial charge in [-0.15, -0.1) is 0 Å². The first-order valence-electron chi connectivity index (χ1n) is 11.1. The fourth-order valence-corrected chi connectivity index (χ4v) is 4.05. The molecule has 1 aliphatic rings. The van der Waals surface area contributed by atoms with Crippen LogP contribution in [0.1, 0.15) is 5.56 Å². The molecule has 1 atom stereocenters. The van der Waals surface area contributed by atoms with E-state index < -0.39 is 29.9 Å². The number of nitrogen functional groups attached to an aromatic ring is 3. The molecule has 12 heteroatoms. The largest absolute Gasteiger partial charge is 0.482 e. The molecule has 3 aromatic carbocycles. The lowest BCUT2D eigenvalue weighted by atomic mass is 9.80. The summed E-state index contributed by atoms with van der Waals surface area (Å²) < 4.78 is 96.6. The predicted molar refractivity (Wildman–Crippen MR) is 131 cm³/mol. The molecule has 0 saturated heterocycles. The van der Waals surface area contributed by atoms with E-state index in [1.807, 2.05) is 0 Å². The number of ether oxygens (including phenoxy) is 2. The van der Waals surface area contributed by atoms with Crippen molar-refractivity contribution >= 4 is 22.6 Å². The van der Waals surface area contributed by atoms with E-state index in [2.05, 4.69) is 0 Å². The molecule has 0 spiro atoms. The first-order chi connectivity index (χ1) is 17.8. The molecular weight excluding hydrogens is 514 g/mol. The van der Waals surface area contributed by atoms with E-state index in [1.165, 1.54) is 72.8 Å². The van der Waals surface area contributed by atoms with Crippen LogP contribution in [0.3, 0.4) is 0 Å². The molecule has 0 aliphatic heterocycles. The summed E-state index contributed by atoms with van der Waals surface area (Å²) >= 11 is 0. The maximum absolute atomic E-state index is 14.9. The quantitative estimate of drug-likeness (QED) is 0.136. The average Bonchev–Trinajstić information content (AvgIpc) is 2.81. The molecule has 4 rings (SSSR count). The number of nitrogens with one attached hydrogen (secondary N) is 1. The van der Waals surface area contributed by atoms with Gasteiger partial charge in [0.1, 0.15) is 11.5 Å². The van der Waals surface area contributed by atoms with Gasteiger partial charge in [-0.05, 0) is 78.4 Å². The fourth-order valence-electron chi connectivity index (χ4n) is 4.05. The summed E-state index contributed by atoms with van der Waals surface area (Å²) in [6, 6.07) is 16.3. The highest BCUT2D eigenvalue weighted by Gasteiger charge is 2.64. The number of alkyl halides is 6. The van der Waals surface area contributed by atoms with Gasteiger partial charge >= 0.3 is 12.5 Å². The van der Waals surface area contributed by atoms with E-state index in [1.54, 1.807) is 0 Å². The van der Waals surface area contributed by atoms with Crippen molar-refractivity contribution in [3.05, 3.63) is 96.2 Å². The highest BCUT2D eigenvalue weighted by molar-refractivity contribution is 5.77. The molecule has 0 bridgehead atoms. The van der Waals surface area contributed by atoms with Gasteiger partial charge in [0.05, 0.1) is 0 Å². The van der Waals surface area contributed by atoms with Gasteiger partial charge in [-0.1, -0.05) is 12.1 Å². The number of nitrogens with two attached hydrogens (primary N) is 3. The Bertz CT molecular complexity index is 1290. The van der Waals surface area contributed by atoms with E-state index in [4.69, 9.17) is 26.7 Å². The highest BCUT2D eigenvalue weighted by Crippen LogP contribution is 2.51. The number of hydrogen-bond donors (Lipinski definition) is 4. The normalized spacial score (nSPS) is 17.3. The molecule has 3 aromatic rings. The van der Waals surface area contributed by atoms with Crippen LogP contribution in [-0.2, 0) is 0 Å². The van der Waals surface area contributed by atoms with Crippen molar-refractivity contribution in [1.29, 1.82) is 0 Å². The molecule has 6 nitrogen and oxygen atoms in total. The van der Waals surface area contributed by atoms with Crippen LogP contribution in [0.2, 0.25) is 0 Å². The molecule has 1 unspecified atom stereocenters. The van der Waals surface area contributed by atoms with E-state index in [9.17, 15) is 26.3 Å². The van der Waals surface area contributed by atoms with Gasteiger partial charge in [-0.2, -0.15) is 26.3 Å². The molecule has 0 aromatic heterocycles. The van der Waals surface area contributed by atoms with Crippen molar-refractivity contribution in [2.75, 3.05) is 17.2 Å². The van der Waals surface area contributed by atoms with Crippen LogP contribution < -0.4 is 32.0 Å². The van der Waals surface area contributed by atoms with Crippen LogP contribution in [0.5, 0.6) is 11.5 Å². The summed E-state index contributed by atoms with van der Waals surface area (Å²) in [7, 11) is 0. The molecule has 200 valence electrons. The van der Waals surface area contributed by atoms with Crippen LogP contribution in [0.15, 0.2) is 90.6 Å². The van der Waals surface area contributed by atoms with Crippen LogP contribution in [0, 0.1) is 5.92 Å². The Kier molecular flexibility index (Phi) is 6.83. The van der Waals surface area contributed by atoms with E-state index >= 15 is 0 Å². The van der Waals surface area contributed by atoms with E-state index in [-0.39, 0.29) is 34.0 Å². The molecule has 0 amide bonds. The van der Waals surface area contributed by atoms with Crippen molar-refractivity contribution in [2.45, 2.75) is 18.3 Å². The number of anilines is 3. The lowest BCUT2D eigenvalue weighted by Crippen LogP contribution is -2.59. The Morgan fingerprint density at radius 2 is 1.05 bits per heavy atom. The lowest BCUT2D eigenvalue weighted by Gasteiger charge is -2.45. The minimum atomic E-state index is -5.29. The zero-order chi connectivity index (χ0) is 27.7. The maximum Gasteiger partial charge on any atom is 0.482 e. The molecule has 0 saturated carbocycles. The zero-order valence-corrected chi connectivity index (χ0v) is 19.5. The van der Waals surface area contributed by atoms with Gasteiger partial charge in [0, 0.05) is 28.3 Å². The smallest absolute Gasteiger partial charge is 0.447 e. The Labute approximate surface area is 213 Å². The van der Waals surface area contributed by atoms with Gasteiger partial charge < -0.3 is 32.0 Å². The molecule has 1 aliphatic carbocycles. The van der Waals surface area contributed by atoms with E-state index in [0.29, 0.717) is 11.8 Å². The average molecular weight is 536 g/mol. The first kappa shape index (κ1) is 26.6. The summed E-state index contributed by atoms with van der Waals surface area (Å²) in [6.45, 7) is 0. The predicted octanol–water partition coefficient (Wildman–Crippen LogP) is 5.86. The van der Waals surface area contributed by atoms with Crippen molar-refractivity contribution in [3.63, 3.8) is 0 Å². The SMILES string of the molecule is Nc1ccc(OC2(Oc3ccc(N)cc3)C(c3ccc(N)cc3)=CC=C(NC(F)(F)F)C2C(F)(F)F)cc1. The minimum Gasteiger partial charge on any atom is -0.447 e. The minimum absolute atomic E-state index is 0.140. The zero-order valence-electron chi connectivity index (χ0n) is 19.5. The molecule has 0 radical (unpaired) electrons. The first-order valence-corrected chi connectivity index (χ1v) is 11.1. The fraction of sp³-hybridized carbons (Fsp3) is 0.154. The number of benzene rings is 3. The van der Waals surface area contributed by atoms with Gasteiger partial charge in [0.2, 0.25) is 0 Å². The van der Waals surface area contributed by atoms with Crippen molar-refractivity contribution < 1.29 is 35.8 Å². The second-order valence-electron chi connectivity index (χ2n) is 8.43. The Balaban J connectivity index is 2.01. The lowest BCUT2D eigenvalue weighted by molar-refractivity contribution is -0.244. The summed E-state index contributed by atoms with van der Waals surface area (Å²) in [5.41, 5.74) is 16.8. The Morgan fingerprint density at radius 3 is 1.45 bits per heavy atom. The van der Waals surface area contributed by atoms with Gasteiger partial charge in [-0.25, -0.2) is 0 Å². The number of hydrogen-bond acceptors (Lipinski definition) is 6. The molecule has 38 heavy (non-hydrogen) atoms. The van der Waals surface area contributed by atoms with Gasteiger partial charge in [0.25, 0.3) is 5.79 Å². The summed E-state index contributed by atoms with van der Waals surface area (Å²) in [6.07, 6.45) is -8.69. The van der Waals surface area contributed by atoms with E-state index in [0.717, 1.165) is 11.4 Å². The highest BCUT2D eigenvalue weighted by atomic mass is 19.4. The number of allylic oxidation sites excluding steroid dienone is 2. The Morgan fingerprint density at radius 1 is 0.632 bits per heavy atom. The van der Waals surface area contributed by atoms with Crippen molar-refractivity contribution in [2.24, 2.45) is 5.92 Å². The molecule has 0 fully saturated rings. The van der Waals surface area contributed by atoms with Crippen LogP contribution in [-0.4, -0.2) is 18.3 Å². The Hall–Kier alpha value is -4.48. The number of rotatable bonds is 6. The standard InChI is InChI=1S/C26H22F6N4O2/c27-25(28,29)23-22(36-26(30,31)32)14-13-21(15-1-3-16(33)4-2-15)24(23,37-19-9-5-17(34)6-10-19)38-20-11-7-18(35)8-12-20/h1-14,23,36H,33-35H2. The molecular formula is C26H22F6N4O2. The van der Waals surface area contributed by atoms with Crippen molar-refractivity contribution in [1.82, 2.24) is 5.32 Å². The second kappa shape index (κ2) is 9.77. The topological polar surface area (TPSA) is 109 Å². The summed E-state index contributed by atoms with van der Waals surface area (Å²) in [4.78, 5) is 0. The monoisotopic (exact) mass is 536 g/mol. The third kappa shape index (κ3) is 5.74. The van der Waals surface area contributed by atoms with Crippen LogP contribution in [0.25, 0.3) is 5.57 Å². The maximum atomic E-state index is 14.9. The van der Waals surface area contributed by atoms with Crippen molar-refractivity contribution in [3.8, 4) is 11.5 Å². The van der Waals surface area contributed by atoms with Gasteiger partial charge in [-0.3, -0.25) is 0 Å². The molecule has 7 N–H and O–H groups in total. The van der Waals surface area contributed by atoms with Crippen LogP contribution in [0.4, 0.5) is 43.4 Å². The van der Waals surface area contributed by atoms with Gasteiger partial charge in [0.15, 0.2) is 5.92 Å². The summed E-state index contributed by atoms with van der Waals surface area (Å²) in [5, 5.41) is 1.02.